The molecular formula is C26H25BrClN3O5. The number of para-hydroxylation sites is 1. The van der Waals surface area contributed by atoms with E-state index in [1.807, 2.05) is 43.3 Å². The fourth-order valence-electron chi connectivity index (χ4n) is 3.88. The van der Waals surface area contributed by atoms with Crippen LogP contribution < -0.4 is 5.32 Å². The van der Waals surface area contributed by atoms with Crippen LogP contribution in [0.5, 0.6) is 0 Å². The average Bonchev–Trinajstić information content (AvgIpc) is 3.29. The van der Waals surface area contributed by atoms with E-state index < -0.39 is 17.7 Å². The number of carbonyl (C=O) groups excluding carboxylic acids is 1. The second kappa shape index (κ2) is 9.99. The van der Waals surface area contributed by atoms with Crippen molar-refractivity contribution in [2.45, 2.75) is 46.3 Å². The molecule has 0 spiro atoms. The van der Waals surface area contributed by atoms with E-state index in [-0.39, 0.29) is 17.4 Å². The van der Waals surface area contributed by atoms with Crippen molar-refractivity contribution in [2.75, 3.05) is 5.32 Å². The van der Waals surface area contributed by atoms with Gasteiger partial charge in [-0.05, 0) is 66.5 Å². The molecule has 0 fully saturated rings. The molecule has 0 bridgehead atoms. The molecule has 4 rings (SSSR count). The molecule has 0 saturated heterocycles. The Bertz CT molecular complexity index is 1470. The molecule has 8 nitrogen and oxygen atoms in total. The van der Waals surface area contributed by atoms with E-state index in [1.54, 1.807) is 31.4 Å². The number of carboxylic acids is 1. The third kappa shape index (κ3) is 5.27. The maximum absolute atomic E-state index is 12.4. The van der Waals surface area contributed by atoms with E-state index in [2.05, 4.69) is 26.2 Å². The van der Waals surface area contributed by atoms with Gasteiger partial charge in [-0.1, -0.05) is 36.7 Å². The predicted octanol–water partition coefficient (Wildman–Crippen LogP) is 7.37. The number of ether oxygens (including phenoxy) is 1. The van der Waals surface area contributed by atoms with Crippen LogP contribution in [0.4, 0.5) is 10.5 Å². The Hall–Kier alpha value is -3.30. The highest BCUT2D eigenvalue weighted by atomic mass is 79.9. The number of hydrogen-bond donors (Lipinski definition) is 2. The number of nitrogens with one attached hydrogen (secondary N) is 1. The lowest BCUT2D eigenvalue weighted by Gasteiger charge is -2.20. The number of imidazole rings is 1. The van der Waals surface area contributed by atoms with E-state index in [1.165, 1.54) is 0 Å². The van der Waals surface area contributed by atoms with Crippen LogP contribution in [0.3, 0.4) is 0 Å². The van der Waals surface area contributed by atoms with E-state index in [0.29, 0.717) is 39.3 Å². The molecule has 36 heavy (non-hydrogen) atoms. The number of anilines is 1. The van der Waals surface area contributed by atoms with Crippen LogP contribution in [0.1, 0.15) is 49.6 Å². The SMILES string of the molecule is CCc1nc(Cl)c(C(=O)O)n1Cc1ccc2oc(-c3ccccc3NC(=O)OC(C)(C)C)c(Br)c2c1. The summed E-state index contributed by atoms with van der Waals surface area (Å²) < 4.78 is 13.9. The van der Waals surface area contributed by atoms with Crippen molar-refractivity contribution >= 4 is 56.3 Å². The molecule has 2 aromatic carbocycles. The maximum atomic E-state index is 12.4. The minimum absolute atomic E-state index is 0.0266. The van der Waals surface area contributed by atoms with Gasteiger partial charge in [0.25, 0.3) is 0 Å². The molecule has 0 saturated carbocycles. The zero-order chi connectivity index (χ0) is 26.2. The van der Waals surface area contributed by atoms with Crippen molar-refractivity contribution in [1.29, 1.82) is 0 Å². The quantitative estimate of drug-likeness (QED) is 0.249. The summed E-state index contributed by atoms with van der Waals surface area (Å²) in [5.41, 5.74) is 2.02. The summed E-state index contributed by atoms with van der Waals surface area (Å²) in [4.78, 5) is 28.3. The highest BCUT2D eigenvalue weighted by molar-refractivity contribution is 9.10. The van der Waals surface area contributed by atoms with E-state index in [9.17, 15) is 14.7 Å². The Labute approximate surface area is 221 Å². The number of hydrogen-bond acceptors (Lipinski definition) is 5. The van der Waals surface area contributed by atoms with Crippen LogP contribution in [0.15, 0.2) is 51.4 Å². The Kier molecular flexibility index (Phi) is 7.15. The van der Waals surface area contributed by atoms with Gasteiger partial charge in [0, 0.05) is 23.9 Å². The van der Waals surface area contributed by atoms with Crippen LogP contribution >= 0.6 is 27.5 Å². The molecule has 2 aromatic heterocycles. The summed E-state index contributed by atoms with van der Waals surface area (Å²) >= 11 is 9.75. The van der Waals surface area contributed by atoms with Crippen LogP contribution in [0, 0.1) is 0 Å². The summed E-state index contributed by atoms with van der Waals surface area (Å²) in [6.07, 6.45) is -0.0274. The van der Waals surface area contributed by atoms with Crippen molar-refractivity contribution in [2.24, 2.45) is 0 Å². The van der Waals surface area contributed by atoms with Gasteiger partial charge in [-0.2, -0.15) is 0 Å². The highest BCUT2D eigenvalue weighted by Crippen LogP contribution is 2.41. The van der Waals surface area contributed by atoms with Crippen LogP contribution in [-0.2, 0) is 17.7 Å². The van der Waals surface area contributed by atoms with E-state index >= 15 is 0 Å². The van der Waals surface area contributed by atoms with E-state index in [4.69, 9.17) is 20.8 Å². The Balaban J connectivity index is 1.71. The zero-order valence-corrected chi connectivity index (χ0v) is 22.5. The van der Waals surface area contributed by atoms with Gasteiger partial charge < -0.3 is 18.8 Å². The third-order valence-corrected chi connectivity index (χ3v) is 6.41. The number of fused-ring (bicyclic) bond motifs is 1. The molecule has 0 atom stereocenters. The minimum Gasteiger partial charge on any atom is -0.476 e. The smallest absolute Gasteiger partial charge is 0.412 e. The average molecular weight is 575 g/mol. The number of benzene rings is 2. The molecule has 0 unspecified atom stereocenters. The fraction of sp³-hybridized carbons (Fsp3) is 0.269. The van der Waals surface area contributed by atoms with Gasteiger partial charge in [0.05, 0.1) is 10.2 Å². The summed E-state index contributed by atoms with van der Waals surface area (Å²) in [5.74, 6) is 0.000645. The van der Waals surface area contributed by atoms with Crippen LogP contribution in [0.2, 0.25) is 5.15 Å². The number of carbonyl (C=O) groups is 2. The number of halogens is 2. The first-order valence-corrected chi connectivity index (χ1v) is 12.4. The van der Waals surface area contributed by atoms with Gasteiger partial charge in [0.2, 0.25) is 0 Å². The number of amides is 1. The van der Waals surface area contributed by atoms with Gasteiger partial charge in [-0.3, -0.25) is 5.32 Å². The molecule has 0 radical (unpaired) electrons. The molecule has 188 valence electrons. The topological polar surface area (TPSA) is 107 Å². The molecule has 2 heterocycles. The first kappa shape index (κ1) is 25.8. The molecule has 4 aromatic rings. The standard InChI is InChI=1S/C26H25BrClN3O5/c1-5-19-30-23(28)21(24(32)33)31(19)13-14-10-11-18-16(12-14)20(27)22(35-18)15-8-6-7-9-17(15)29-25(34)36-26(2,3)4/h6-12H,5,13H2,1-4H3,(H,29,34)(H,32,33). The fourth-order valence-corrected chi connectivity index (χ4v) is 4.77. The first-order chi connectivity index (χ1) is 17.0. The highest BCUT2D eigenvalue weighted by Gasteiger charge is 2.23. The molecular weight excluding hydrogens is 550 g/mol. The summed E-state index contributed by atoms with van der Waals surface area (Å²) in [6, 6.07) is 12.9. The normalized spacial score (nSPS) is 11.6. The lowest BCUT2D eigenvalue weighted by molar-refractivity contribution is 0.0633. The summed E-state index contributed by atoms with van der Waals surface area (Å²) in [7, 11) is 0. The van der Waals surface area contributed by atoms with Crippen LogP contribution in [0.25, 0.3) is 22.3 Å². The Morgan fingerprint density at radius 3 is 2.61 bits per heavy atom. The minimum atomic E-state index is -1.13. The van der Waals surface area contributed by atoms with Crippen molar-refractivity contribution in [3.63, 3.8) is 0 Å². The molecule has 0 aliphatic rings. The number of rotatable bonds is 6. The lowest BCUT2D eigenvalue weighted by atomic mass is 10.1. The first-order valence-electron chi connectivity index (χ1n) is 11.3. The monoisotopic (exact) mass is 573 g/mol. The van der Waals surface area contributed by atoms with Crippen molar-refractivity contribution in [1.82, 2.24) is 9.55 Å². The van der Waals surface area contributed by atoms with E-state index in [0.717, 1.165) is 10.9 Å². The predicted molar refractivity (Wildman–Crippen MR) is 142 cm³/mol. The Morgan fingerprint density at radius 1 is 1.22 bits per heavy atom. The number of nitrogens with zero attached hydrogens (tertiary/aromatic N) is 2. The molecule has 0 aliphatic carbocycles. The number of furan rings is 1. The van der Waals surface area contributed by atoms with Crippen LogP contribution in [-0.4, -0.2) is 32.3 Å². The molecule has 1 amide bonds. The zero-order valence-electron chi connectivity index (χ0n) is 20.2. The van der Waals surface area contributed by atoms with Gasteiger partial charge in [-0.25, -0.2) is 14.6 Å². The van der Waals surface area contributed by atoms with Gasteiger partial charge in [0.15, 0.2) is 16.6 Å². The molecule has 0 aliphatic heterocycles. The second-order valence-electron chi connectivity index (χ2n) is 9.16. The van der Waals surface area contributed by atoms with Crippen molar-refractivity contribution < 1.29 is 23.8 Å². The molecule has 2 N–H and O–H groups in total. The number of aryl methyl sites for hydroxylation is 1. The van der Waals surface area contributed by atoms with Crippen molar-refractivity contribution in [3.8, 4) is 11.3 Å². The number of aromatic nitrogens is 2. The second-order valence-corrected chi connectivity index (χ2v) is 10.3. The summed E-state index contributed by atoms with van der Waals surface area (Å²) in [5, 5.41) is 13.2. The van der Waals surface area contributed by atoms with Crippen molar-refractivity contribution in [3.05, 3.63) is 69.2 Å². The Morgan fingerprint density at radius 2 is 1.94 bits per heavy atom. The lowest BCUT2D eigenvalue weighted by Crippen LogP contribution is -2.27. The largest absolute Gasteiger partial charge is 0.476 e. The van der Waals surface area contributed by atoms with Gasteiger partial charge in [-0.15, -0.1) is 0 Å². The van der Waals surface area contributed by atoms with Gasteiger partial charge >= 0.3 is 12.1 Å². The molecule has 10 heteroatoms. The number of aromatic carboxylic acids is 1. The van der Waals surface area contributed by atoms with Gasteiger partial charge in [0.1, 0.15) is 17.0 Å². The number of carboxylic acid groups (broad SMARTS) is 1. The maximum Gasteiger partial charge on any atom is 0.412 e. The summed E-state index contributed by atoms with van der Waals surface area (Å²) in [6.45, 7) is 7.57. The third-order valence-electron chi connectivity index (χ3n) is 5.36.